The predicted octanol–water partition coefficient (Wildman–Crippen LogP) is -0.519. The van der Waals surface area contributed by atoms with Crippen LogP contribution >= 0.6 is 0 Å². The highest BCUT2D eigenvalue weighted by Gasteiger charge is 1.99. The summed E-state index contributed by atoms with van der Waals surface area (Å²) in [6, 6.07) is 3.46. The van der Waals surface area contributed by atoms with Crippen LogP contribution in [0, 0.1) is 0 Å². The third-order valence-corrected chi connectivity index (χ3v) is 1.64. The fraction of sp³-hybridized carbons (Fsp3) is 0.143. The van der Waals surface area contributed by atoms with Crippen LogP contribution in [0.15, 0.2) is 23.1 Å². The van der Waals surface area contributed by atoms with E-state index in [4.69, 9.17) is 5.73 Å². The van der Waals surface area contributed by atoms with E-state index in [0.717, 1.165) is 0 Å². The van der Waals surface area contributed by atoms with E-state index in [9.17, 15) is 4.79 Å². The summed E-state index contributed by atoms with van der Waals surface area (Å²) < 4.78 is 1.51. The molecule has 0 aliphatic rings. The second-order valence-corrected chi connectivity index (χ2v) is 2.44. The Morgan fingerprint density at radius 2 is 2.50 bits per heavy atom. The largest absolute Gasteiger partial charge is 0.324 e. The minimum absolute atomic E-state index is 0.157. The molecule has 0 aliphatic carbocycles. The smallest absolute Gasteiger partial charge is 0.275 e. The van der Waals surface area contributed by atoms with Gasteiger partial charge in [-0.3, -0.25) is 4.79 Å². The fourth-order valence-electron chi connectivity index (χ4n) is 1.08. The Hall–Kier alpha value is -1.62. The van der Waals surface area contributed by atoms with Crippen molar-refractivity contribution >= 4 is 5.52 Å². The van der Waals surface area contributed by atoms with E-state index in [0.29, 0.717) is 11.3 Å². The van der Waals surface area contributed by atoms with Crippen molar-refractivity contribution in [2.24, 2.45) is 5.73 Å². The quantitative estimate of drug-likeness (QED) is 0.595. The monoisotopic (exact) mass is 164 g/mol. The first-order valence-corrected chi connectivity index (χ1v) is 3.58. The summed E-state index contributed by atoms with van der Waals surface area (Å²) in [6.45, 7) is 0.239. The molecule has 0 bridgehead atoms. The van der Waals surface area contributed by atoms with Gasteiger partial charge in [-0.25, -0.2) is 4.52 Å². The zero-order valence-corrected chi connectivity index (χ0v) is 6.32. The Morgan fingerprint density at radius 1 is 1.67 bits per heavy atom. The van der Waals surface area contributed by atoms with Crippen molar-refractivity contribution in [2.75, 3.05) is 0 Å². The SMILES string of the molecule is NCc1nn2cccc2c(=O)[nH]1. The van der Waals surface area contributed by atoms with Crippen LogP contribution in [0.4, 0.5) is 0 Å². The Bertz CT molecular complexity index is 456. The predicted molar refractivity (Wildman–Crippen MR) is 43.7 cm³/mol. The molecule has 3 N–H and O–H groups in total. The van der Waals surface area contributed by atoms with Crippen molar-refractivity contribution in [3.63, 3.8) is 0 Å². The van der Waals surface area contributed by atoms with E-state index in [1.54, 1.807) is 18.3 Å². The van der Waals surface area contributed by atoms with E-state index in [1.807, 2.05) is 0 Å². The molecule has 2 heterocycles. The summed E-state index contributed by atoms with van der Waals surface area (Å²) in [5.74, 6) is 0.490. The molecule has 0 atom stereocenters. The fourth-order valence-corrected chi connectivity index (χ4v) is 1.08. The molecular formula is C7H8N4O. The first-order valence-electron chi connectivity index (χ1n) is 3.58. The molecule has 0 aliphatic heterocycles. The highest BCUT2D eigenvalue weighted by atomic mass is 16.1. The van der Waals surface area contributed by atoms with Gasteiger partial charge in [-0.15, -0.1) is 0 Å². The summed E-state index contributed by atoms with van der Waals surface area (Å²) in [7, 11) is 0. The van der Waals surface area contributed by atoms with Crippen LogP contribution in [0.25, 0.3) is 5.52 Å². The van der Waals surface area contributed by atoms with Gasteiger partial charge in [-0.2, -0.15) is 5.10 Å². The lowest BCUT2D eigenvalue weighted by Gasteiger charge is -1.96. The number of H-pyrrole nitrogens is 1. The number of hydrogen-bond acceptors (Lipinski definition) is 3. The van der Waals surface area contributed by atoms with Gasteiger partial charge in [0.15, 0.2) is 0 Å². The van der Waals surface area contributed by atoms with Crippen LogP contribution in [-0.2, 0) is 6.54 Å². The molecule has 0 saturated carbocycles. The second kappa shape index (κ2) is 2.46. The van der Waals surface area contributed by atoms with E-state index < -0.39 is 0 Å². The molecule has 0 amide bonds. The minimum atomic E-state index is -0.157. The summed E-state index contributed by atoms with van der Waals surface area (Å²) in [4.78, 5) is 13.8. The molecule has 5 heteroatoms. The van der Waals surface area contributed by atoms with Crippen LogP contribution in [-0.4, -0.2) is 14.6 Å². The third kappa shape index (κ3) is 0.911. The summed E-state index contributed by atoms with van der Waals surface area (Å²) in [6.07, 6.45) is 1.71. The number of rotatable bonds is 1. The van der Waals surface area contributed by atoms with Gasteiger partial charge in [0.1, 0.15) is 11.3 Å². The average molecular weight is 164 g/mol. The summed E-state index contributed by atoms with van der Waals surface area (Å²) in [5.41, 5.74) is 5.71. The average Bonchev–Trinajstić information content (AvgIpc) is 2.52. The lowest BCUT2D eigenvalue weighted by molar-refractivity contribution is 0.788. The molecule has 0 unspecified atom stereocenters. The molecule has 0 saturated heterocycles. The number of nitrogens with two attached hydrogens (primary N) is 1. The maximum absolute atomic E-state index is 11.2. The number of nitrogens with one attached hydrogen (secondary N) is 1. The van der Waals surface area contributed by atoms with Crippen molar-refractivity contribution in [3.8, 4) is 0 Å². The van der Waals surface area contributed by atoms with E-state index in [1.165, 1.54) is 4.52 Å². The van der Waals surface area contributed by atoms with Crippen LogP contribution in [0.1, 0.15) is 5.82 Å². The zero-order chi connectivity index (χ0) is 8.55. The Morgan fingerprint density at radius 3 is 3.25 bits per heavy atom. The topological polar surface area (TPSA) is 76.2 Å². The Kier molecular flexibility index (Phi) is 1.44. The summed E-state index contributed by atoms with van der Waals surface area (Å²) >= 11 is 0. The zero-order valence-electron chi connectivity index (χ0n) is 6.32. The van der Waals surface area contributed by atoms with E-state index in [-0.39, 0.29) is 12.1 Å². The van der Waals surface area contributed by atoms with Crippen LogP contribution in [0.2, 0.25) is 0 Å². The maximum atomic E-state index is 11.2. The highest BCUT2D eigenvalue weighted by molar-refractivity contribution is 5.43. The number of aromatic nitrogens is 3. The highest BCUT2D eigenvalue weighted by Crippen LogP contribution is 1.94. The first kappa shape index (κ1) is 7.05. The van der Waals surface area contributed by atoms with Gasteiger partial charge in [0.25, 0.3) is 5.56 Å². The molecule has 2 aromatic heterocycles. The van der Waals surface area contributed by atoms with Gasteiger partial charge in [0, 0.05) is 6.20 Å². The first-order chi connectivity index (χ1) is 5.81. The van der Waals surface area contributed by atoms with Gasteiger partial charge >= 0.3 is 0 Å². The molecule has 5 nitrogen and oxygen atoms in total. The molecular weight excluding hydrogens is 156 g/mol. The molecule has 2 rings (SSSR count). The number of aromatic amines is 1. The number of fused-ring (bicyclic) bond motifs is 1. The molecule has 0 aromatic carbocycles. The van der Waals surface area contributed by atoms with Crippen molar-refractivity contribution in [2.45, 2.75) is 6.54 Å². The number of nitrogens with zero attached hydrogens (tertiary/aromatic N) is 2. The Labute approximate surface area is 67.8 Å². The third-order valence-electron chi connectivity index (χ3n) is 1.64. The molecule has 2 aromatic rings. The van der Waals surface area contributed by atoms with Crippen molar-refractivity contribution < 1.29 is 0 Å². The van der Waals surface area contributed by atoms with E-state index in [2.05, 4.69) is 10.1 Å². The molecule has 12 heavy (non-hydrogen) atoms. The minimum Gasteiger partial charge on any atom is -0.324 e. The van der Waals surface area contributed by atoms with Crippen molar-refractivity contribution in [1.29, 1.82) is 0 Å². The molecule has 0 spiro atoms. The van der Waals surface area contributed by atoms with Gasteiger partial charge < -0.3 is 10.7 Å². The Balaban J connectivity index is 2.84. The van der Waals surface area contributed by atoms with Crippen LogP contribution in [0.3, 0.4) is 0 Å². The molecule has 0 radical (unpaired) electrons. The normalized spacial score (nSPS) is 10.8. The van der Waals surface area contributed by atoms with Gasteiger partial charge in [0.2, 0.25) is 0 Å². The van der Waals surface area contributed by atoms with Crippen LogP contribution in [0.5, 0.6) is 0 Å². The molecule has 62 valence electrons. The van der Waals surface area contributed by atoms with Gasteiger partial charge in [-0.05, 0) is 12.1 Å². The van der Waals surface area contributed by atoms with Crippen molar-refractivity contribution in [3.05, 3.63) is 34.5 Å². The van der Waals surface area contributed by atoms with Crippen molar-refractivity contribution in [1.82, 2.24) is 14.6 Å². The second-order valence-electron chi connectivity index (χ2n) is 2.44. The van der Waals surface area contributed by atoms with Gasteiger partial charge in [0.05, 0.1) is 6.54 Å². The number of hydrogen-bond donors (Lipinski definition) is 2. The lowest BCUT2D eigenvalue weighted by Crippen LogP contribution is -2.17. The maximum Gasteiger partial charge on any atom is 0.275 e. The van der Waals surface area contributed by atoms with Crippen LogP contribution < -0.4 is 11.3 Å². The molecule has 0 fully saturated rings. The van der Waals surface area contributed by atoms with Gasteiger partial charge in [-0.1, -0.05) is 0 Å². The summed E-state index contributed by atoms with van der Waals surface area (Å²) in [5, 5.41) is 4.05. The van der Waals surface area contributed by atoms with E-state index >= 15 is 0 Å². The standard InChI is InChI=1S/C7H8N4O/c8-4-6-9-7(12)5-2-1-3-11(5)10-6/h1-3H,4,8H2,(H,9,10,12). The lowest BCUT2D eigenvalue weighted by atomic mass is 10.5.